The summed E-state index contributed by atoms with van der Waals surface area (Å²) in [6.07, 6.45) is 0.660. The fourth-order valence-electron chi connectivity index (χ4n) is 1.28. The van der Waals surface area contributed by atoms with Crippen LogP contribution in [0.2, 0.25) is 0 Å². The number of carbonyl (C=O) groups is 2. The van der Waals surface area contributed by atoms with Crippen molar-refractivity contribution in [2.75, 3.05) is 0 Å². The third-order valence-electron chi connectivity index (χ3n) is 2.15. The molecule has 0 aromatic heterocycles. The molecule has 0 saturated carbocycles. The Morgan fingerprint density at radius 3 is 2.40 bits per heavy atom. The van der Waals surface area contributed by atoms with Gasteiger partial charge in [0.15, 0.2) is 5.78 Å². The van der Waals surface area contributed by atoms with E-state index >= 15 is 0 Å². The van der Waals surface area contributed by atoms with E-state index in [9.17, 15) is 9.59 Å². The number of Topliss-reactive ketones (excluding diaryl/α,β-unsaturated/α-hetero) is 1. The van der Waals surface area contributed by atoms with E-state index in [1.807, 2.05) is 26.0 Å². The van der Waals surface area contributed by atoms with E-state index in [4.69, 9.17) is 0 Å². The predicted molar refractivity (Wildman–Crippen MR) is 58.5 cm³/mol. The number of carbonyl (C=O) groups excluding carboxylic acids is 2. The molecule has 0 unspecified atom stereocenters. The second-order valence-electron chi connectivity index (χ2n) is 3.71. The molecule has 0 bridgehead atoms. The van der Waals surface area contributed by atoms with Crippen molar-refractivity contribution in [2.24, 2.45) is 5.92 Å². The fraction of sp³-hybridized carbons (Fsp3) is 0.333. The van der Waals surface area contributed by atoms with E-state index in [0.717, 1.165) is 11.1 Å². The van der Waals surface area contributed by atoms with E-state index in [1.165, 1.54) is 0 Å². The van der Waals surface area contributed by atoms with Crippen molar-refractivity contribution in [3.05, 3.63) is 35.4 Å². The van der Waals surface area contributed by atoms with Crippen molar-refractivity contribution >= 4 is 12.2 Å². The summed E-state index contributed by atoms with van der Waals surface area (Å²) in [4.78, 5) is 21.7. The average molecular weight is 205 g/mol. The molecule has 1 aromatic carbocycles. The smallest absolute Gasteiger partial charge is 0.207 e. The van der Waals surface area contributed by atoms with Gasteiger partial charge in [-0.15, -0.1) is 0 Å². The van der Waals surface area contributed by atoms with Gasteiger partial charge in [0.1, 0.15) is 0 Å². The molecule has 0 radical (unpaired) electrons. The third kappa shape index (κ3) is 3.20. The highest BCUT2D eigenvalue weighted by molar-refractivity contribution is 5.97. The van der Waals surface area contributed by atoms with Crippen molar-refractivity contribution in [3.8, 4) is 0 Å². The molecule has 0 aliphatic rings. The lowest BCUT2D eigenvalue weighted by Gasteiger charge is -2.05. The van der Waals surface area contributed by atoms with Gasteiger partial charge < -0.3 is 5.32 Å². The quantitative estimate of drug-likeness (QED) is 0.588. The molecule has 1 rings (SSSR count). The monoisotopic (exact) mass is 205 g/mol. The number of nitrogens with one attached hydrogen (secondary N) is 1. The van der Waals surface area contributed by atoms with E-state index in [1.54, 1.807) is 12.1 Å². The van der Waals surface area contributed by atoms with Gasteiger partial charge in [-0.1, -0.05) is 38.1 Å². The zero-order valence-electron chi connectivity index (χ0n) is 8.99. The van der Waals surface area contributed by atoms with Crippen molar-refractivity contribution in [3.63, 3.8) is 0 Å². The van der Waals surface area contributed by atoms with E-state index < -0.39 is 0 Å². The second-order valence-corrected chi connectivity index (χ2v) is 3.71. The first-order valence-corrected chi connectivity index (χ1v) is 4.95. The molecule has 1 aromatic rings. The first kappa shape index (κ1) is 11.4. The van der Waals surface area contributed by atoms with Gasteiger partial charge in [-0.2, -0.15) is 0 Å². The Labute approximate surface area is 89.5 Å². The third-order valence-corrected chi connectivity index (χ3v) is 2.15. The molecular weight excluding hydrogens is 190 g/mol. The average Bonchev–Trinajstić information content (AvgIpc) is 2.26. The van der Waals surface area contributed by atoms with Crippen LogP contribution in [0.15, 0.2) is 24.3 Å². The fourth-order valence-corrected chi connectivity index (χ4v) is 1.28. The maximum absolute atomic E-state index is 11.6. The predicted octanol–water partition coefficient (Wildman–Crippen LogP) is 1.77. The molecule has 0 spiro atoms. The molecule has 0 saturated heterocycles. The minimum atomic E-state index is 0.0175. The molecule has 0 heterocycles. The topological polar surface area (TPSA) is 46.2 Å². The van der Waals surface area contributed by atoms with Gasteiger partial charge in [-0.3, -0.25) is 9.59 Å². The lowest BCUT2D eigenvalue weighted by Crippen LogP contribution is -2.10. The Balaban J connectivity index is 2.71. The SMILES string of the molecule is CC(C)C(=O)c1ccc(CNC=O)cc1. The molecule has 15 heavy (non-hydrogen) atoms. The number of ketones is 1. The first-order chi connectivity index (χ1) is 7.15. The normalized spacial score (nSPS) is 10.1. The van der Waals surface area contributed by atoms with Crippen LogP contribution in [0.25, 0.3) is 0 Å². The van der Waals surface area contributed by atoms with Gasteiger partial charge >= 0.3 is 0 Å². The van der Waals surface area contributed by atoms with Crippen molar-refractivity contribution < 1.29 is 9.59 Å². The Morgan fingerprint density at radius 1 is 1.33 bits per heavy atom. The Kier molecular flexibility index (Phi) is 4.03. The van der Waals surface area contributed by atoms with Crippen LogP contribution in [0, 0.1) is 5.92 Å². The highest BCUT2D eigenvalue weighted by Crippen LogP contribution is 2.09. The van der Waals surface area contributed by atoms with Crippen molar-refractivity contribution in [2.45, 2.75) is 20.4 Å². The number of benzene rings is 1. The van der Waals surface area contributed by atoms with Crippen LogP contribution >= 0.6 is 0 Å². The number of hydrogen-bond donors (Lipinski definition) is 1. The summed E-state index contributed by atoms with van der Waals surface area (Å²) in [7, 11) is 0. The summed E-state index contributed by atoms with van der Waals surface area (Å²) in [6, 6.07) is 7.30. The Hall–Kier alpha value is -1.64. The van der Waals surface area contributed by atoms with Crippen molar-refractivity contribution in [1.82, 2.24) is 5.32 Å². The molecule has 3 nitrogen and oxygen atoms in total. The van der Waals surface area contributed by atoms with Gasteiger partial charge in [-0.25, -0.2) is 0 Å². The summed E-state index contributed by atoms with van der Waals surface area (Å²) in [5.41, 5.74) is 1.71. The molecular formula is C12H15NO2. The zero-order chi connectivity index (χ0) is 11.3. The number of amides is 1. The molecule has 1 amide bonds. The van der Waals surface area contributed by atoms with Gasteiger partial charge in [0.2, 0.25) is 6.41 Å². The lowest BCUT2D eigenvalue weighted by atomic mass is 10.0. The lowest BCUT2D eigenvalue weighted by molar-refractivity contribution is -0.109. The molecule has 0 fully saturated rings. The number of rotatable bonds is 5. The van der Waals surface area contributed by atoms with Crippen LogP contribution in [0.4, 0.5) is 0 Å². The molecule has 1 N–H and O–H groups in total. The number of hydrogen-bond acceptors (Lipinski definition) is 2. The Morgan fingerprint density at radius 2 is 1.93 bits per heavy atom. The van der Waals surface area contributed by atoms with Gasteiger partial charge in [0.05, 0.1) is 0 Å². The molecule has 0 aliphatic heterocycles. The highest BCUT2D eigenvalue weighted by Gasteiger charge is 2.09. The summed E-state index contributed by atoms with van der Waals surface area (Å²) < 4.78 is 0. The van der Waals surface area contributed by atoms with Crippen LogP contribution in [-0.4, -0.2) is 12.2 Å². The van der Waals surface area contributed by atoms with Gasteiger partial charge in [0, 0.05) is 18.0 Å². The summed E-state index contributed by atoms with van der Waals surface area (Å²) in [6.45, 7) is 4.26. The molecule has 80 valence electrons. The molecule has 0 atom stereocenters. The summed E-state index contributed by atoms with van der Waals surface area (Å²) >= 11 is 0. The van der Waals surface area contributed by atoms with E-state index in [2.05, 4.69) is 5.32 Å². The van der Waals surface area contributed by atoms with E-state index in [-0.39, 0.29) is 11.7 Å². The van der Waals surface area contributed by atoms with Crippen molar-refractivity contribution in [1.29, 1.82) is 0 Å². The standard InChI is InChI=1S/C12H15NO2/c1-9(2)12(15)11-5-3-10(4-6-11)7-13-8-14/h3-6,8-9H,7H2,1-2H3,(H,13,14). The molecule has 3 heteroatoms. The van der Waals surface area contributed by atoms with Crippen LogP contribution in [0.5, 0.6) is 0 Å². The highest BCUT2D eigenvalue weighted by atomic mass is 16.1. The first-order valence-electron chi connectivity index (χ1n) is 4.95. The van der Waals surface area contributed by atoms with Crippen LogP contribution in [-0.2, 0) is 11.3 Å². The second kappa shape index (κ2) is 5.29. The van der Waals surface area contributed by atoms with E-state index in [0.29, 0.717) is 13.0 Å². The Bertz CT molecular complexity index is 341. The van der Waals surface area contributed by atoms with Crippen LogP contribution in [0.1, 0.15) is 29.8 Å². The summed E-state index contributed by atoms with van der Waals surface area (Å²) in [5.74, 6) is 0.161. The zero-order valence-corrected chi connectivity index (χ0v) is 8.99. The minimum Gasteiger partial charge on any atom is -0.355 e. The van der Waals surface area contributed by atoms with Crippen LogP contribution < -0.4 is 5.32 Å². The minimum absolute atomic E-state index is 0.0175. The summed E-state index contributed by atoms with van der Waals surface area (Å²) in [5, 5.41) is 2.57. The maximum Gasteiger partial charge on any atom is 0.207 e. The maximum atomic E-state index is 11.6. The van der Waals surface area contributed by atoms with Crippen LogP contribution in [0.3, 0.4) is 0 Å². The largest absolute Gasteiger partial charge is 0.355 e. The van der Waals surface area contributed by atoms with Gasteiger partial charge in [0.25, 0.3) is 0 Å². The van der Waals surface area contributed by atoms with Gasteiger partial charge in [-0.05, 0) is 5.56 Å². The molecule has 0 aliphatic carbocycles.